The molecule has 0 bridgehead atoms. The predicted molar refractivity (Wildman–Crippen MR) is 154 cm³/mol. The van der Waals surface area contributed by atoms with E-state index in [9.17, 15) is 13.6 Å². The van der Waals surface area contributed by atoms with Crippen molar-refractivity contribution in [2.24, 2.45) is 0 Å². The minimum absolute atomic E-state index is 0.329. The summed E-state index contributed by atoms with van der Waals surface area (Å²) >= 11 is 0. The van der Waals surface area contributed by atoms with Gasteiger partial charge in [0.25, 0.3) is 0 Å². The van der Waals surface area contributed by atoms with Crippen molar-refractivity contribution in [2.75, 3.05) is 67.0 Å². The van der Waals surface area contributed by atoms with Gasteiger partial charge in [0.1, 0.15) is 29.5 Å². The van der Waals surface area contributed by atoms with E-state index < -0.39 is 17.7 Å². The Kier molecular flexibility index (Phi) is 8.60. The molecule has 2 N–H and O–H groups in total. The number of hydrogen-bond donors (Lipinski definition) is 2. The molecule has 0 saturated carbocycles. The molecule has 1 unspecified atom stereocenters. The molecule has 3 heterocycles. The second kappa shape index (κ2) is 12.5. The number of rotatable bonds is 9. The summed E-state index contributed by atoms with van der Waals surface area (Å²) in [5.74, 6) is -0.235. The summed E-state index contributed by atoms with van der Waals surface area (Å²) in [4.78, 5) is 31.4. The molecule has 216 valence electrons. The summed E-state index contributed by atoms with van der Waals surface area (Å²) < 4.78 is 33.6. The highest BCUT2D eigenvalue weighted by Crippen LogP contribution is 2.40. The van der Waals surface area contributed by atoms with Crippen LogP contribution < -0.4 is 25.3 Å². The lowest BCUT2D eigenvalue weighted by atomic mass is 10.0. The minimum atomic E-state index is -0.654. The Morgan fingerprint density at radius 1 is 1.10 bits per heavy atom. The Bertz CT molecular complexity index is 1390. The SMILES string of the molecule is C=CC(=O)Nc1cc(Nc2cc(N3OCCC3c3cc(F)cc(F)c3)ncn2)c(OC)cc1N1CCN(CC)CC1. The van der Waals surface area contributed by atoms with Gasteiger partial charge in [0, 0.05) is 50.8 Å². The van der Waals surface area contributed by atoms with Gasteiger partial charge < -0.3 is 25.2 Å². The maximum atomic E-state index is 13.9. The van der Waals surface area contributed by atoms with Crippen LogP contribution in [0.15, 0.2) is 55.4 Å². The van der Waals surface area contributed by atoms with Gasteiger partial charge in [-0.1, -0.05) is 13.5 Å². The molecule has 3 aromatic rings. The van der Waals surface area contributed by atoms with Crippen LogP contribution in [-0.2, 0) is 9.63 Å². The molecular formula is C29H33F2N7O3. The van der Waals surface area contributed by atoms with Crippen LogP contribution in [0.3, 0.4) is 0 Å². The molecule has 0 spiro atoms. The third-order valence-electron chi connectivity index (χ3n) is 7.24. The second-order valence-corrected chi connectivity index (χ2v) is 9.74. The van der Waals surface area contributed by atoms with Crippen LogP contribution in [0, 0.1) is 11.6 Å². The van der Waals surface area contributed by atoms with Crippen LogP contribution in [0.25, 0.3) is 0 Å². The summed E-state index contributed by atoms with van der Waals surface area (Å²) in [6.07, 6.45) is 3.13. The van der Waals surface area contributed by atoms with Crippen molar-refractivity contribution in [3.63, 3.8) is 0 Å². The van der Waals surface area contributed by atoms with E-state index in [4.69, 9.17) is 9.57 Å². The minimum Gasteiger partial charge on any atom is -0.494 e. The maximum Gasteiger partial charge on any atom is 0.247 e. The first-order valence-electron chi connectivity index (χ1n) is 13.5. The van der Waals surface area contributed by atoms with Crippen molar-refractivity contribution >= 4 is 34.6 Å². The molecule has 2 aromatic carbocycles. The third kappa shape index (κ3) is 6.39. The molecule has 2 fully saturated rings. The Morgan fingerprint density at radius 3 is 2.54 bits per heavy atom. The van der Waals surface area contributed by atoms with E-state index in [0.717, 1.165) is 44.5 Å². The molecule has 1 amide bonds. The van der Waals surface area contributed by atoms with E-state index in [-0.39, 0.29) is 5.91 Å². The molecule has 0 radical (unpaired) electrons. The molecule has 2 aliphatic rings. The fourth-order valence-electron chi connectivity index (χ4n) is 5.13. The van der Waals surface area contributed by atoms with Crippen molar-refractivity contribution in [1.82, 2.24) is 14.9 Å². The van der Waals surface area contributed by atoms with Crippen molar-refractivity contribution in [3.8, 4) is 5.75 Å². The lowest BCUT2D eigenvalue weighted by molar-refractivity contribution is -0.111. The number of likely N-dealkylation sites (N-methyl/N-ethyl adjacent to an activating group) is 1. The number of hydrogen-bond acceptors (Lipinski definition) is 9. The fourth-order valence-corrected chi connectivity index (χ4v) is 5.13. The number of piperazine rings is 1. The van der Waals surface area contributed by atoms with Crippen LogP contribution in [-0.4, -0.2) is 67.2 Å². The zero-order chi connectivity index (χ0) is 28.9. The molecule has 1 aromatic heterocycles. The molecule has 0 aliphatic carbocycles. The number of carbonyl (C=O) groups is 1. The van der Waals surface area contributed by atoms with Gasteiger partial charge in [-0.05, 0) is 36.4 Å². The first kappa shape index (κ1) is 28.2. The topological polar surface area (TPSA) is 95.1 Å². The highest BCUT2D eigenvalue weighted by Gasteiger charge is 2.30. The zero-order valence-corrected chi connectivity index (χ0v) is 23.1. The standard InChI is InChI=1S/C29H33F2N7O3/c1-4-29(39)35-22-15-23(26(40-3)16-25(22)37-9-7-36(5-2)8-10-37)34-27-17-28(33-18-32-27)38-24(6-11-41-38)19-12-20(30)14-21(31)13-19/h4,12-18,24H,1,5-11H2,2-3H3,(H,35,39)(H,32,33,34). The monoisotopic (exact) mass is 565 g/mol. The van der Waals surface area contributed by atoms with Gasteiger partial charge in [0.2, 0.25) is 5.91 Å². The number of carbonyl (C=O) groups excluding carboxylic acids is 1. The van der Waals surface area contributed by atoms with E-state index in [1.807, 2.05) is 6.07 Å². The number of amides is 1. The van der Waals surface area contributed by atoms with Crippen molar-refractivity contribution in [3.05, 3.63) is 72.6 Å². The van der Waals surface area contributed by atoms with E-state index in [1.165, 1.54) is 29.6 Å². The summed E-state index contributed by atoms with van der Waals surface area (Å²) in [6, 6.07) is 8.37. The van der Waals surface area contributed by atoms with Crippen LogP contribution in [0.4, 0.5) is 37.5 Å². The molecule has 1 atom stereocenters. The molecular weight excluding hydrogens is 532 g/mol. The Morgan fingerprint density at radius 2 is 1.85 bits per heavy atom. The number of aromatic nitrogens is 2. The zero-order valence-electron chi connectivity index (χ0n) is 23.1. The first-order valence-corrected chi connectivity index (χ1v) is 13.5. The predicted octanol–water partition coefficient (Wildman–Crippen LogP) is 4.66. The van der Waals surface area contributed by atoms with Gasteiger partial charge in [-0.3, -0.25) is 9.63 Å². The Hall–Kier alpha value is -4.29. The number of ether oxygens (including phenoxy) is 1. The smallest absolute Gasteiger partial charge is 0.247 e. The van der Waals surface area contributed by atoms with Gasteiger partial charge >= 0.3 is 0 Å². The van der Waals surface area contributed by atoms with Crippen LogP contribution in [0.2, 0.25) is 0 Å². The number of anilines is 5. The highest BCUT2D eigenvalue weighted by atomic mass is 19.1. The molecule has 5 rings (SSSR count). The van der Waals surface area contributed by atoms with Crippen LogP contribution in [0.5, 0.6) is 5.75 Å². The fraction of sp³-hybridized carbons (Fsp3) is 0.345. The number of nitrogens with zero attached hydrogens (tertiary/aromatic N) is 5. The summed E-state index contributed by atoms with van der Waals surface area (Å²) in [5.41, 5.74) is 2.47. The van der Waals surface area contributed by atoms with Gasteiger partial charge in [0.15, 0.2) is 5.82 Å². The van der Waals surface area contributed by atoms with Gasteiger partial charge in [-0.15, -0.1) is 0 Å². The highest BCUT2D eigenvalue weighted by molar-refractivity contribution is 6.02. The summed E-state index contributed by atoms with van der Waals surface area (Å²) in [5, 5.41) is 7.71. The Balaban J connectivity index is 1.43. The molecule has 2 saturated heterocycles. The lowest BCUT2D eigenvalue weighted by Crippen LogP contribution is -2.46. The van der Waals surface area contributed by atoms with Gasteiger partial charge in [-0.2, -0.15) is 0 Å². The number of hydroxylamine groups is 1. The molecule has 2 aliphatic heterocycles. The van der Waals surface area contributed by atoms with E-state index >= 15 is 0 Å². The van der Waals surface area contributed by atoms with E-state index in [0.29, 0.717) is 47.4 Å². The van der Waals surface area contributed by atoms with Gasteiger partial charge in [-0.25, -0.2) is 23.8 Å². The number of methoxy groups -OCH3 is 1. The summed E-state index contributed by atoms with van der Waals surface area (Å²) in [6.45, 7) is 10.5. The number of halogens is 2. The largest absolute Gasteiger partial charge is 0.494 e. The molecule has 10 nitrogen and oxygen atoms in total. The summed E-state index contributed by atoms with van der Waals surface area (Å²) in [7, 11) is 1.58. The molecule has 12 heteroatoms. The van der Waals surface area contributed by atoms with Gasteiger partial charge in [0.05, 0.1) is 36.8 Å². The number of nitrogens with one attached hydrogen (secondary N) is 2. The van der Waals surface area contributed by atoms with Crippen molar-refractivity contribution in [1.29, 1.82) is 0 Å². The van der Waals surface area contributed by atoms with Crippen molar-refractivity contribution in [2.45, 2.75) is 19.4 Å². The van der Waals surface area contributed by atoms with Crippen LogP contribution in [0.1, 0.15) is 24.9 Å². The van der Waals surface area contributed by atoms with E-state index in [2.05, 4.69) is 43.9 Å². The van der Waals surface area contributed by atoms with Crippen molar-refractivity contribution < 1.29 is 23.1 Å². The normalized spacial score (nSPS) is 17.4. The van der Waals surface area contributed by atoms with E-state index in [1.54, 1.807) is 19.2 Å². The molecule has 41 heavy (non-hydrogen) atoms. The lowest BCUT2D eigenvalue weighted by Gasteiger charge is -2.36. The number of benzene rings is 2. The van der Waals surface area contributed by atoms with Crippen LogP contribution >= 0.6 is 0 Å². The quantitative estimate of drug-likeness (QED) is 0.360. The first-order chi connectivity index (χ1) is 19.9. The second-order valence-electron chi connectivity index (χ2n) is 9.74. The average molecular weight is 566 g/mol. The average Bonchev–Trinajstić information content (AvgIpc) is 3.47. The third-order valence-corrected chi connectivity index (χ3v) is 7.24. The Labute approximate surface area is 237 Å². The maximum absolute atomic E-state index is 13.9.